The quantitative estimate of drug-likeness (QED) is 0.750. The lowest BCUT2D eigenvalue weighted by molar-refractivity contribution is -0.109. The minimum Gasteiger partial charge on any atom is -0.390 e. The molecule has 1 aromatic heterocycles. The molecule has 0 spiro atoms. The summed E-state index contributed by atoms with van der Waals surface area (Å²) in [7, 11) is 0. The average molecular weight is 282 g/mol. The minimum absolute atomic E-state index is 0.0203. The predicted octanol–water partition coefficient (Wildman–Crippen LogP) is 1.11. The zero-order chi connectivity index (χ0) is 13.8. The number of thioether (sulfide) groups is 1. The molecule has 0 aromatic carbocycles. The summed E-state index contributed by atoms with van der Waals surface area (Å²) in [5, 5.41) is 23.2. The summed E-state index contributed by atoms with van der Waals surface area (Å²) in [6, 6.07) is 1.88. The third-order valence-corrected chi connectivity index (χ3v) is 3.95. The van der Waals surface area contributed by atoms with Gasteiger partial charge in [0.2, 0.25) is 0 Å². The summed E-state index contributed by atoms with van der Waals surface area (Å²) in [5.41, 5.74) is 1.70. The van der Waals surface area contributed by atoms with Gasteiger partial charge in [-0.05, 0) is 24.5 Å². The van der Waals surface area contributed by atoms with E-state index in [0.29, 0.717) is 17.7 Å². The van der Waals surface area contributed by atoms with E-state index in [0.717, 1.165) is 36.1 Å². The summed E-state index contributed by atoms with van der Waals surface area (Å²) in [6.07, 6.45) is 1.02. The van der Waals surface area contributed by atoms with Crippen LogP contribution in [-0.4, -0.2) is 38.7 Å². The van der Waals surface area contributed by atoms with Crippen LogP contribution in [0.5, 0.6) is 0 Å². The van der Waals surface area contributed by atoms with Crippen molar-refractivity contribution in [3.8, 4) is 0 Å². The van der Waals surface area contributed by atoms with Crippen LogP contribution in [0.4, 0.5) is 5.82 Å². The third kappa shape index (κ3) is 3.68. The molecule has 104 valence electrons. The maximum absolute atomic E-state index is 10.8. The fourth-order valence-electron chi connectivity index (χ4n) is 2.06. The molecule has 1 aliphatic rings. The molecule has 0 bridgehead atoms. The van der Waals surface area contributed by atoms with Gasteiger partial charge in [0.25, 0.3) is 0 Å². The van der Waals surface area contributed by atoms with E-state index in [1.54, 1.807) is 6.20 Å². The molecule has 6 heteroatoms. The smallest absolute Gasteiger partial charge is 0.185 e. The highest BCUT2D eigenvalue weighted by Crippen LogP contribution is 2.26. The van der Waals surface area contributed by atoms with E-state index in [1.807, 2.05) is 6.07 Å². The van der Waals surface area contributed by atoms with Gasteiger partial charge in [0, 0.05) is 31.0 Å². The Morgan fingerprint density at radius 1 is 1.58 bits per heavy atom. The maximum Gasteiger partial charge on any atom is 0.185 e. The monoisotopic (exact) mass is 282 g/mol. The van der Waals surface area contributed by atoms with Crippen molar-refractivity contribution in [3.63, 3.8) is 0 Å². The highest BCUT2D eigenvalue weighted by molar-refractivity contribution is 8.13. The Labute approximate surface area is 116 Å². The normalized spacial score (nSPS) is 16.6. The van der Waals surface area contributed by atoms with Crippen molar-refractivity contribution >= 4 is 22.7 Å². The summed E-state index contributed by atoms with van der Waals surface area (Å²) in [4.78, 5) is 15.0. The molecule has 3 N–H and O–H groups in total. The second kappa shape index (κ2) is 6.36. The van der Waals surface area contributed by atoms with Gasteiger partial charge in [-0.3, -0.25) is 4.79 Å². The molecular weight excluding hydrogens is 264 g/mol. The standard InChI is InChI=1S/C13H18N2O3S/c1-8(16)19-5-3-11(17)12(18)10-6-9-2-4-14-13(9)15-7-10/h6-7,11-12,17-18H,2-5H2,1H3,(H,14,15). The number of carbonyl (C=O) groups excluding carboxylic acids is 1. The van der Waals surface area contributed by atoms with Gasteiger partial charge >= 0.3 is 0 Å². The zero-order valence-electron chi connectivity index (χ0n) is 10.8. The van der Waals surface area contributed by atoms with Gasteiger partial charge in [0.15, 0.2) is 5.12 Å². The van der Waals surface area contributed by atoms with E-state index in [2.05, 4.69) is 10.3 Å². The lowest BCUT2D eigenvalue weighted by Gasteiger charge is -2.18. The number of carbonyl (C=O) groups is 1. The SMILES string of the molecule is CC(=O)SCCC(O)C(O)c1cnc2c(c1)CCN2. The Kier molecular flexibility index (Phi) is 4.79. The number of anilines is 1. The van der Waals surface area contributed by atoms with Gasteiger partial charge in [-0.15, -0.1) is 0 Å². The predicted molar refractivity (Wildman–Crippen MR) is 75.2 cm³/mol. The van der Waals surface area contributed by atoms with Crippen LogP contribution in [0, 0.1) is 0 Å². The van der Waals surface area contributed by atoms with Crippen molar-refractivity contribution in [1.82, 2.24) is 4.98 Å². The summed E-state index contributed by atoms with van der Waals surface area (Å²) in [6.45, 7) is 2.35. The van der Waals surface area contributed by atoms with Gasteiger partial charge in [0.1, 0.15) is 11.9 Å². The van der Waals surface area contributed by atoms with Gasteiger partial charge in [-0.2, -0.15) is 0 Å². The molecule has 0 radical (unpaired) electrons. The van der Waals surface area contributed by atoms with Gasteiger partial charge in [-0.25, -0.2) is 4.98 Å². The molecule has 2 heterocycles. The van der Waals surface area contributed by atoms with Crippen LogP contribution in [-0.2, 0) is 11.2 Å². The average Bonchev–Trinajstić information content (AvgIpc) is 2.84. The lowest BCUT2D eigenvalue weighted by Crippen LogP contribution is -2.19. The molecule has 1 aromatic rings. The Balaban J connectivity index is 1.94. The molecule has 2 unspecified atom stereocenters. The van der Waals surface area contributed by atoms with E-state index < -0.39 is 12.2 Å². The molecular formula is C13H18N2O3S. The highest BCUT2D eigenvalue weighted by atomic mass is 32.2. The maximum atomic E-state index is 10.8. The first kappa shape index (κ1) is 14.3. The van der Waals surface area contributed by atoms with Crippen molar-refractivity contribution in [2.75, 3.05) is 17.6 Å². The number of aliphatic hydroxyl groups is 2. The van der Waals surface area contributed by atoms with Crippen LogP contribution in [0.25, 0.3) is 0 Å². The molecule has 5 nitrogen and oxygen atoms in total. The van der Waals surface area contributed by atoms with Crippen LogP contribution in [0.15, 0.2) is 12.3 Å². The largest absolute Gasteiger partial charge is 0.390 e. The molecule has 2 rings (SSSR count). The molecule has 0 saturated heterocycles. The molecule has 0 aliphatic carbocycles. The fourth-order valence-corrected chi connectivity index (χ4v) is 2.71. The summed E-state index contributed by atoms with van der Waals surface area (Å²) >= 11 is 1.16. The first-order valence-electron chi connectivity index (χ1n) is 6.30. The molecule has 0 fully saturated rings. The highest BCUT2D eigenvalue weighted by Gasteiger charge is 2.21. The number of pyridine rings is 1. The number of hydrogen-bond acceptors (Lipinski definition) is 6. The zero-order valence-corrected chi connectivity index (χ0v) is 11.6. The molecule has 1 aliphatic heterocycles. The van der Waals surface area contributed by atoms with Crippen molar-refractivity contribution in [1.29, 1.82) is 0 Å². The Morgan fingerprint density at radius 3 is 3.11 bits per heavy atom. The first-order chi connectivity index (χ1) is 9.08. The van der Waals surface area contributed by atoms with Gasteiger partial charge < -0.3 is 15.5 Å². The third-order valence-electron chi connectivity index (χ3n) is 3.10. The van der Waals surface area contributed by atoms with Crippen molar-refractivity contribution in [2.24, 2.45) is 0 Å². The number of nitrogens with one attached hydrogen (secondary N) is 1. The number of nitrogens with zero attached hydrogens (tertiary/aromatic N) is 1. The first-order valence-corrected chi connectivity index (χ1v) is 7.28. The Morgan fingerprint density at radius 2 is 2.37 bits per heavy atom. The van der Waals surface area contributed by atoms with Crippen molar-refractivity contribution < 1.29 is 15.0 Å². The van der Waals surface area contributed by atoms with Crippen LogP contribution < -0.4 is 5.32 Å². The Bertz CT molecular complexity index is 467. The van der Waals surface area contributed by atoms with Crippen LogP contribution in [0.3, 0.4) is 0 Å². The van der Waals surface area contributed by atoms with Crippen LogP contribution >= 0.6 is 11.8 Å². The number of fused-ring (bicyclic) bond motifs is 1. The molecule has 0 saturated carbocycles. The molecule has 0 amide bonds. The number of hydrogen-bond donors (Lipinski definition) is 3. The van der Waals surface area contributed by atoms with Gasteiger partial charge in [0.05, 0.1) is 6.10 Å². The number of rotatable bonds is 5. The van der Waals surface area contributed by atoms with E-state index in [9.17, 15) is 15.0 Å². The number of aromatic nitrogens is 1. The van der Waals surface area contributed by atoms with E-state index in [1.165, 1.54) is 6.92 Å². The number of aliphatic hydroxyl groups excluding tert-OH is 2. The topological polar surface area (TPSA) is 82.5 Å². The van der Waals surface area contributed by atoms with Crippen molar-refractivity contribution in [3.05, 3.63) is 23.4 Å². The molecule has 2 atom stereocenters. The molecule has 19 heavy (non-hydrogen) atoms. The van der Waals surface area contributed by atoms with Gasteiger partial charge in [-0.1, -0.05) is 11.8 Å². The van der Waals surface area contributed by atoms with E-state index in [4.69, 9.17) is 0 Å². The van der Waals surface area contributed by atoms with Crippen molar-refractivity contribution in [2.45, 2.75) is 32.0 Å². The van der Waals surface area contributed by atoms with Crippen LogP contribution in [0.1, 0.15) is 30.6 Å². The van der Waals surface area contributed by atoms with E-state index in [-0.39, 0.29) is 5.12 Å². The fraction of sp³-hybridized carbons (Fsp3) is 0.538. The summed E-state index contributed by atoms with van der Waals surface area (Å²) in [5.74, 6) is 1.37. The second-order valence-electron chi connectivity index (χ2n) is 4.59. The lowest BCUT2D eigenvalue weighted by atomic mass is 10.0. The minimum atomic E-state index is -0.953. The van der Waals surface area contributed by atoms with Crippen LogP contribution in [0.2, 0.25) is 0 Å². The van der Waals surface area contributed by atoms with E-state index >= 15 is 0 Å². The second-order valence-corrected chi connectivity index (χ2v) is 5.87. The Hall–Kier alpha value is -1.11. The summed E-state index contributed by atoms with van der Waals surface area (Å²) < 4.78 is 0.